The van der Waals surface area contributed by atoms with Crippen LogP contribution in [-0.4, -0.2) is 22.9 Å². The van der Waals surface area contributed by atoms with Gasteiger partial charge in [0.25, 0.3) is 5.91 Å². The van der Waals surface area contributed by atoms with E-state index in [1.807, 2.05) is 32.2 Å². The second kappa shape index (κ2) is 6.63. The molecule has 0 spiro atoms. The topological polar surface area (TPSA) is 95.5 Å². The highest BCUT2D eigenvalue weighted by molar-refractivity contribution is 7.12. The van der Waals surface area contributed by atoms with Crippen molar-refractivity contribution in [3.05, 3.63) is 33.0 Å². The lowest BCUT2D eigenvalue weighted by Gasteiger charge is -2.26. The van der Waals surface area contributed by atoms with Gasteiger partial charge in [-0.15, -0.1) is 11.3 Å². The maximum absolute atomic E-state index is 12.7. The molecule has 2 saturated carbocycles. The van der Waals surface area contributed by atoms with Crippen LogP contribution >= 0.6 is 11.3 Å². The molecular weight excluding hydrogens is 340 g/mol. The predicted molar refractivity (Wildman–Crippen MR) is 93.9 cm³/mol. The third kappa shape index (κ3) is 2.97. The first-order valence-corrected chi connectivity index (χ1v) is 9.25. The summed E-state index contributed by atoms with van der Waals surface area (Å²) in [6, 6.07) is 1.83. The maximum Gasteiger partial charge on any atom is 0.307 e. The van der Waals surface area contributed by atoms with E-state index in [-0.39, 0.29) is 17.7 Å². The van der Waals surface area contributed by atoms with E-state index in [1.54, 1.807) is 0 Å². The Kier molecular flexibility index (Phi) is 4.69. The molecule has 2 aliphatic carbocycles. The van der Waals surface area contributed by atoms with Gasteiger partial charge < -0.3 is 5.11 Å². The van der Waals surface area contributed by atoms with E-state index in [0.717, 1.165) is 29.6 Å². The fraction of sp³-hybridized carbons (Fsp3) is 0.500. The molecule has 0 radical (unpaired) electrons. The number of fused-ring (bicyclic) bond motifs is 2. The van der Waals surface area contributed by atoms with Crippen molar-refractivity contribution < 1.29 is 19.5 Å². The van der Waals surface area contributed by atoms with Crippen LogP contribution in [0.1, 0.15) is 41.9 Å². The number of thiophene rings is 1. The van der Waals surface area contributed by atoms with Gasteiger partial charge in [-0.25, -0.2) is 0 Å². The van der Waals surface area contributed by atoms with E-state index in [0.29, 0.717) is 4.88 Å². The lowest BCUT2D eigenvalue weighted by atomic mass is 9.79. The van der Waals surface area contributed by atoms with Crippen LogP contribution in [0.5, 0.6) is 0 Å². The summed E-state index contributed by atoms with van der Waals surface area (Å²) in [6.45, 7) is 5.77. The second-order valence-electron chi connectivity index (χ2n) is 7.01. The lowest BCUT2D eigenvalue weighted by Crippen LogP contribution is -2.48. The third-order valence-corrected chi connectivity index (χ3v) is 6.39. The zero-order chi connectivity index (χ0) is 18.3. The van der Waals surface area contributed by atoms with Crippen molar-refractivity contribution in [1.82, 2.24) is 10.9 Å². The van der Waals surface area contributed by atoms with Crippen LogP contribution in [0.15, 0.2) is 22.6 Å². The van der Waals surface area contributed by atoms with Crippen LogP contribution < -0.4 is 10.9 Å². The number of hydrogen-bond donors (Lipinski definition) is 3. The Labute approximate surface area is 150 Å². The Balaban J connectivity index is 1.75. The average molecular weight is 362 g/mol. The van der Waals surface area contributed by atoms with Crippen LogP contribution in [0.25, 0.3) is 0 Å². The number of allylic oxidation sites excluding steroid dienone is 2. The van der Waals surface area contributed by atoms with Crippen molar-refractivity contribution in [3.8, 4) is 0 Å². The summed E-state index contributed by atoms with van der Waals surface area (Å²) in [4.78, 5) is 37.1. The van der Waals surface area contributed by atoms with Crippen molar-refractivity contribution in [2.24, 2.45) is 23.7 Å². The molecule has 2 amide bonds. The number of carboxylic acid groups (broad SMARTS) is 1. The molecule has 7 heteroatoms. The molecule has 3 N–H and O–H groups in total. The number of carboxylic acids is 1. The number of hydrazine groups is 1. The number of aliphatic carboxylic acids is 1. The van der Waals surface area contributed by atoms with E-state index < -0.39 is 23.7 Å². The van der Waals surface area contributed by atoms with Crippen LogP contribution in [-0.2, 0) is 9.59 Å². The Hall–Kier alpha value is -2.15. The van der Waals surface area contributed by atoms with Gasteiger partial charge in [-0.05, 0) is 62.5 Å². The SMILES string of the molecule is CC(C)=C1[C@H]2CC[C@H]1[C@@H](C(=O)NNC(=O)c1sccc1C)[C@@H]2C(=O)O. The van der Waals surface area contributed by atoms with Gasteiger partial charge in [-0.3, -0.25) is 25.2 Å². The summed E-state index contributed by atoms with van der Waals surface area (Å²) < 4.78 is 0. The molecule has 2 bridgehead atoms. The van der Waals surface area contributed by atoms with Crippen LogP contribution in [0.2, 0.25) is 0 Å². The zero-order valence-electron chi connectivity index (χ0n) is 14.5. The molecule has 4 atom stereocenters. The van der Waals surface area contributed by atoms with Crippen molar-refractivity contribution in [2.45, 2.75) is 33.6 Å². The minimum Gasteiger partial charge on any atom is -0.481 e. The lowest BCUT2D eigenvalue weighted by molar-refractivity contribution is -0.149. The summed E-state index contributed by atoms with van der Waals surface area (Å²) >= 11 is 1.30. The van der Waals surface area contributed by atoms with E-state index in [2.05, 4.69) is 10.9 Å². The van der Waals surface area contributed by atoms with Crippen molar-refractivity contribution in [3.63, 3.8) is 0 Å². The van der Waals surface area contributed by atoms with Crippen molar-refractivity contribution in [1.29, 1.82) is 0 Å². The fourth-order valence-electron chi connectivity index (χ4n) is 4.47. The second-order valence-corrected chi connectivity index (χ2v) is 7.93. The number of hydrogen-bond acceptors (Lipinski definition) is 4. The molecule has 0 unspecified atom stereocenters. The highest BCUT2D eigenvalue weighted by Gasteiger charge is 2.57. The van der Waals surface area contributed by atoms with Gasteiger partial charge in [0.1, 0.15) is 0 Å². The molecule has 0 saturated heterocycles. The fourth-order valence-corrected chi connectivity index (χ4v) is 5.29. The molecule has 0 aromatic carbocycles. The van der Waals surface area contributed by atoms with Gasteiger partial charge >= 0.3 is 5.97 Å². The van der Waals surface area contributed by atoms with Gasteiger partial charge in [0.2, 0.25) is 5.91 Å². The number of carbonyl (C=O) groups excluding carboxylic acids is 2. The zero-order valence-corrected chi connectivity index (χ0v) is 15.3. The molecular formula is C18H22N2O4S. The smallest absolute Gasteiger partial charge is 0.307 e. The first kappa shape index (κ1) is 17.7. The van der Waals surface area contributed by atoms with E-state index in [4.69, 9.17) is 0 Å². The quantitative estimate of drug-likeness (QED) is 0.569. The summed E-state index contributed by atoms with van der Waals surface area (Å²) in [7, 11) is 0. The molecule has 1 aromatic rings. The number of carbonyl (C=O) groups is 3. The first-order valence-electron chi connectivity index (χ1n) is 8.37. The third-order valence-electron chi connectivity index (χ3n) is 5.37. The van der Waals surface area contributed by atoms with Crippen molar-refractivity contribution in [2.75, 3.05) is 0 Å². The highest BCUT2D eigenvalue weighted by Crippen LogP contribution is 2.57. The van der Waals surface area contributed by atoms with Crippen LogP contribution in [0, 0.1) is 30.6 Å². The summed E-state index contributed by atoms with van der Waals surface area (Å²) in [6.07, 6.45) is 1.64. The Bertz CT molecular complexity index is 763. The Morgan fingerprint density at radius 3 is 2.28 bits per heavy atom. The predicted octanol–water partition coefficient (Wildman–Crippen LogP) is 2.51. The highest BCUT2D eigenvalue weighted by atomic mass is 32.1. The molecule has 1 heterocycles. The van der Waals surface area contributed by atoms with E-state index in [9.17, 15) is 19.5 Å². The first-order chi connectivity index (χ1) is 11.8. The Morgan fingerprint density at radius 2 is 1.76 bits per heavy atom. The average Bonchev–Trinajstić information content (AvgIpc) is 3.24. The number of nitrogens with one attached hydrogen (secondary N) is 2. The van der Waals surface area contributed by atoms with Crippen LogP contribution in [0.3, 0.4) is 0 Å². The largest absolute Gasteiger partial charge is 0.481 e. The van der Waals surface area contributed by atoms with E-state index >= 15 is 0 Å². The molecule has 0 aliphatic heterocycles. The van der Waals surface area contributed by atoms with Crippen molar-refractivity contribution >= 4 is 29.1 Å². The molecule has 25 heavy (non-hydrogen) atoms. The van der Waals surface area contributed by atoms with Gasteiger partial charge in [0.15, 0.2) is 0 Å². The molecule has 2 aliphatic rings. The molecule has 134 valence electrons. The normalized spacial score (nSPS) is 27.2. The van der Waals surface area contributed by atoms with Crippen LogP contribution in [0.4, 0.5) is 0 Å². The number of rotatable bonds is 3. The minimum atomic E-state index is -0.938. The summed E-state index contributed by atoms with van der Waals surface area (Å²) in [5.74, 6) is -3.20. The molecule has 6 nitrogen and oxygen atoms in total. The Morgan fingerprint density at radius 1 is 1.12 bits per heavy atom. The molecule has 1 aromatic heterocycles. The summed E-state index contributed by atoms with van der Waals surface area (Å²) in [5, 5.41) is 11.4. The molecule has 3 rings (SSSR count). The molecule has 2 fully saturated rings. The number of amides is 2. The van der Waals surface area contributed by atoms with E-state index in [1.165, 1.54) is 11.3 Å². The number of aryl methyl sites for hydroxylation is 1. The standard InChI is InChI=1S/C18H22N2O4S/c1-8(2)12-10-4-5-11(12)14(18(23)24)13(10)16(21)19-20-17(22)15-9(3)6-7-25-15/h6-7,10-11,13-14H,4-5H2,1-3H3,(H,19,21)(H,20,22)(H,23,24)/t10-,11-,13-,14-/m1/s1. The monoisotopic (exact) mass is 362 g/mol. The van der Waals surface area contributed by atoms with Gasteiger partial charge in [0.05, 0.1) is 16.7 Å². The van der Waals surface area contributed by atoms with Gasteiger partial charge in [-0.1, -0.05) is 11.1 Å². The minimum absolute atomic E-state index is 0.0449. The van der Waals surface area contributed by atoms with Gasteiger partial charge in [0, 0.05) is 0 Å². The summed E-state index contributed by atoms with van der Waals surface area (Å²) in [5.41, 5.74) is 7.94. The van der Waals surface area contributed by atoms with Gasteiger partial charge in [-0.2, -0.15) is 0 Å². The maximum atomic E-state index is 12.7.